The molecule has 0 bridgehead atoms. The van der Waals surface area contributed by atoms with Gasteiger partial charge < -0.3 is 14.7 Å². The highest BCUT2D eigenvalue weighted by Gasteiger charge is 2.43. The molecule has 1 rings (SSSR count). The van der Waals surface area contributed by atoms with E-state index < -0.39 is 42.5 Å². The number of piperidine rings is 1. The fourth-order valence-corrected chi connectivity index (χ4v) is 2.06. The molecule has 1 N–H and O–H groups in total. The number of nitrogens with zero attached hydrogens (tertiary/aromatic N) is 1. The Labute approximate surface area is 110 Å². The molecule has 1 heterocycles. The average molecular weight is 279 g/mol. The standard InChI is InChI=1S/C12H19F2NO4/c1-11(2,3)19-10(18)15-6-8(4-9(16)17)5-12(13,14)7-15/h8H,4-7H2,1-3H3,(H,16,17). The van der Waals surface area contributed by atoms with E-state index in [1.807, 2.05) is 0 Å². The summed E-state index contributed by atoms with van der Waals surface area (Å²) in [7, 11) is 0. The van der Waals surface area contributed by atoms with Gasteiger partial charge in [0.15, 0.2) is 0 Å². The first-order valence-corrected chi connectivity index (χ1v) is 6.06. The van der Waals surface area contributed by atoms with Gasteiger partial charge in [0.25, 0.3) is 5.92 Å². The number of ether oxygens (including phenoxy) is 1. The lowest BCUT2D eigenvalue weighted by Gasteiger charge is -2.37. The van der Waals surface area contributed by atoms with Crippen LogP contribution in [0.5, 0.6) is 0 Å². The third-order valence-electron chi connectivity index (χ3n) is 2.60. The second kappa shape index (κ2) is 5.30. The number of halogens is 2. The molecule has 1 fully saturated rings. The zero-order chi connectivity index (χ0) is 14.8. The summed E-state index contributed by atoms with van der Waals surface area (Å²) in [6.07, 6.45) is -1.73. The summed E-state index contributed by atoms with van der Waals surface area (Å²) in [4.78, 5) is 23.3. The molecule has 7 heteroatoms. The minimum Gasteiger partial charge on any atom is -0.481 e. The van der Waals surface area contributed by atoms with Crippen LogP contribution in [0, 0.1) is 5.92 Å². The van der Waals surface area contributed by atoms with E-state index in [1.165, 1.54) is 0 Å². The lowest BCUT2D eigenvalue weighted by atomic mass is 9.92. The molecule has 1 aliphatic rings. The maximum absolute atomic E-state index is 13.5. The van der Waals surface area contributed by atoms with Crippen molar-refractivity contribution in [3.05, 3.63) is 0 Å². The van der Waals surface area contributed by atoms with Gasteiger partial charge in [0.05, 0.1) is 13.0 Å². The number of carbonyl (C=O) groups is 2. The molecule has 0 radical (unpaired) electrons. The van der Waals surface area contributed by atoms with Crippen LogP contribution in [0.2, 0.25) is 0 Å². The molecular weight excluding hydrogens is 260 g/mol. The van der Waals surface area contributed by atoms with Crippen molar-refractivity contribution in [3.63, 3.8) is 0 Å². The molecule has 0 aliphatic carbocycles. The molecule has 1 amide bonds. The van der Waals surface area contributed by atoms with Gasteiger partial charge in [0.1, 0.15) is 5.60 Å². The summed E-state index contributed by atoms with van der Waals surface area (Å²) < 4.78 is 32.0. The Kier molecular flexibility index (Phi) is 4.37. The normalized spacial score (nSPS) is 23.0. The van der Waals surface area contributed by atoms with Crippen LogP contribution in [0.4, 0.5) is 13.6 Å². The maximum Gasteiger partial charge on any atom is 0.410 e. The van der Waals surface area contributed by atoms with Crippen LogP contribution in [-0.2, 0) is 9.53 Å². The van der Waals surface area contributed by atoms with Crippen molar-refractivity contribution in [3.8, 4) is 0 Å². The van der Waals surface area contributed by atoms with Crippen molar-refractivity contribution in [2.24, 2.45) is 5.92 Å². The first-order valence-electron chi connectivity index (χ1n) is 6.06. The third kappa shape index (κ3) is 5.40. The van der Waals surface area contributed by atoms with Gasteiger partial charge in [-0.2, -0.15) is 0 Å². The van der Waals surface area contributed by atoms with Crippen molar-refractivity contribution >= 4 is 12.1 Å². The van der Waals surface area contributed by atoms with Gasteiger partial charge in [0, 0.05) is 13.0 Å². The van der Waals surface area contributed by atoms with Crippen LogP contribution in [0.3, 0.4) is 0 Å². The molecule has 1 atom stereocenters. The number of carboxylic acid groups (broad SMARTS) is 1. The van der Waals surface area contributed by atoms with Crippen LogP contribution in [0.1, 0.15) is 33.6 Å². The zero-order valence-corrected chi connectivity index (χ0v) is 11.3. The van der Waals surface area contributed by atoms with Crippen molar-refractivity contribution in [2.45, 2.75) is 45.1 Å². The number of carbonyl (C=O) groups excluding carboxylic acids is 1. The Bertz CT molecular complexity index is 365. The fourth-order valence-electron chi connectivity index (χ4n) is 2.06. The van der Waals surface area contributed by atoms with E-state index in [4.69, 9.17) is 9.84 Å². The minimum atomic E-state index is -3.07. The van der Waals surface area contributed by atoms with Gasteiger partial charge >= 0.3 is 12.1 Å². The highest BCUT2D eigenvalue weighted by Crippen LogP contribution is 2.32. The van der Waals surface area contributed by atoms with E-state index in [-0.39, 0.29) is 13.0 Å². The molecule has 19 heavy (non-hydrogen) atoms. The summed E-state index contributed by atoms with van der Waals surface area (Å²) in [6, 6.07) is 0. The number of likely N-dealkylation sites (tertiary alicyclic amines) is 1. The van der Waals surface area contributed by atoms with E-state index in [9.17, 15) is 18.4 Å². The molecule has 0 aromatic heterocycles. The highest BCUT2D eigenvalue weighted by atomic mass is 19.3. The van der Waals surface area contributed by atoms with Crippen LogP contribution >= 0.6 is 0 Å². The van der Waals surface area contributed by atoms with Crippen LogP contribution in [0.15, 0.2) is 0 Å². The van der Waals surface area contributed by atoms with E-state index in [2.05, 4.69) is 0 Å². The predicted octanol–water partition coefficient (Wildman–Crippen LogP) is 2.35. The molecule has 0 saturated carbocycles. The van der Waals surface area contributed by atoms with Crippen molar-refractivity contribution in [1.29, 1.82) is 0 Å². The second-order valence-corrected chi connectivity index (χ2v) is 5.88. The van der Waals surface area contributed by atoms with Crippen LogP contribution < -0.4 is 0 Å². The molecule has 0 spiro atoms. The number of aliphatic carboxylic acids is 1. The van der Waals surface area contributed by atoms with Gasteiger partial charge in [-0.25, -0.2) is 13.6 Å². The van der Waals surface area contributed by atoms with Gasteiger partial charge in [-0.3, -0.25) is 4.79 Å². The molecule has 0 aromatic rings. The first kappa shape index (κ1) is 15.7. The number of carboxylic acids is 1. The molecule has 1 aliphatic heterocycles. The molecule has 5 nitrogen and oxygen atoms in total. The Balaban J connectivity index is 2.72. The smallest absolute Gasteiger partial charge is 0.410 e. The Morgan fingerprint density at radius 3 is 2.47 bits per heavy atom. The Hall–Kier alpha value is -1.40. The predicted molar refractivity (Wildman–Crippen MR) is 63.1 cm³/mol. The quantitative estimate of drug-likeness (QED) is 0.842. The number of alkyl halides is 2. The summed E-state index contributed by atoms with van der Waals surface area (Å²) in [6.45, 7) is 4.18. The van der Waals surface area contributed by atoms with Gasteiger partial charge in [-0.15, -0.1) is 0 Å². The van der Waals surface area contributed by atoms with Gasteiger partial charge in [0.2, 0.25) is 0 Å². The molecule has 0 aromatic carbocycles. The summed E-state index contributed by atoms with van der Waals surface area (Å²) in [5.74, 6) is -4.98. The molecule has 1 unspecified atom stereocenters. The first-order chi connectivity index (χ1) is 8.48. The number of amides is 1. The largest absolute Gasteiger partial charge is 0.481 e. The van der Waals surface area contributed by atoms with Crippen molar-refractivity contribution in [1.82, 2.24) is 4.90 Å². The van der Waals surface area contributed by atoms with Crippen LogP contribution in [-0.4, -0.2) is 46.7 Å². The second-order valence-electron chi connectivity index (χ2n) is 5.88. The lowest BCUT2D eigenvalue weighted by Crippen LogP contribution is -2.51. The SMILES string of the molecule is CC(C)(C)OC(=O)N1CC(CC(=O)O)CC(F)(F)C1. The minimum absolute atomic E-state index is 0.0171. The number of hydrogen-bond acceptors (Lipinski definition) is 3. The van der Waals surface area contributed by atoms with E-state index in [0.717, 1.165) is 4.90 Å². The Morgan fingerprint density at radius 1 is 1.42 bits per heavy atom. The maximum atomic E-state index is 13.5. The molecule has 1 saturated heterocycles. The van der Waals surface area contributed by atoms with Gasteiger partial charge in [-0.1, -0.05) is 0 Å². The van der Waals surface area contributed by atoms with Crippen molar-refractivity contribution < 1.29 is 28.2 Å². The van der Waals surface area contributed by atoms with Gasteiger partial charge in [-0.05, 0) is 26.7 Å². The summed E-state index contributed by atoms with van der Waals surface area (Å²) in [5.41, 5.74) is -0.772. The van der Waals surface area contributed by atoms with E-state index >= 15 is 0 Å². The van der Waals surface area contributed by atoms with Crippen LogP contribution in [0.25, 0.3) is 0 Å². The topological polar surface area (TPSA) is 66.8 Å². The summed E-state index contributed by atoms with van der Waals surface area (Å²) >= 11 is 0. The Morgan fingerprint density at radius 2 is 2.00 bits per heavy atom. The number of hydrogen-bond donors (Lipinski definition) is 1. The van der Waals surface area contributed by atoms with E-state index in [1.54, 1.807) is 20.8 Å². The van der Waals surface area contributed by atoms with E-state index in [0.29, 0.717) is 0 Å². The monoisotopic (exact) mass is 279 g/mol. The summed E-state index contributed by atoms with van der Waals surface area (Å²) in [5, 5.41) is 8.67. The average Bonchev–Trinajstić information content (AvgIpc) is 2.10. The lowest BCUT2D eigenvalue weighted by molar-refractivity contribution is -0.141. The number of rotatable bonds is 2. The molecule has 110 valence electrons. The third-order valence-corrected chi connectivity index (χ3v) is 2.60. The molecular formula is C12H19F2NO4. The fraction of sp³-hybridized carbons (Fsp3) is 0.833. The highest BCUT2D eigenvalue weighted by molar-refractivity contribution is 5.69. The zero-order valence-electron chi connectivity index (χ0n) is 11.3. The van der Waals surface area contributed by atoms with Crippen molar-refractivity contribution in [2.75, 3.05) is 13.1 Å².